The molecule has 12 heteroatoms. The molecule has 0 atom stereocenters. The van der Waals surface area contributed by atoms with Crippen LogP contribution in [0, 0.1) is 17.5 Å². The molecular weight excluding hydrogens is 429 g/mol. The van der Waals surface area contributed by atoms with E-state index in [0.717, 1.165) is 12.1 Å². The molecule has 3 aromatic rings. The van der Waals surface area contributed by atoms with Gasteiger partial charge in [0.1, 0.15) is 23.1 Å². The molecule has 160 valence electrons. The van der Waals surface area contributed by atoms with Gasteiger partial charge in [-0.05, 0) is 24.3 Å². The average Bonchev–Trinajstić information content (AvgIpc) is 3.07. The van der Waals surface area contributed by atoms with Gasteiger partial charge in [-0.2, -0.15) is 31.4 Å². The maximum absolute atomic E-state index is 13.6. The van der Waals surface area contributed by atoms with Gasteiger partial charge in [0.15, 0.2) is 5.69 Å². The number of nitrogens with zero attached hydrogens (tertiary/aromatic N) is 2. The Kier molecular flexibility index (Phi) is 5.44. The first-order valence-corrected chi connectivity index (χ1v) is 8.08. The fraction of sp³-hybridized carbons (Fsp3) is 0.167. The molecule has 0 bridgehead atoms. The van der Waals surface area contributed by atoms with Crippen LogP contribution in [0.2, 0.25) is 0 Å². The molecule has 0 aliphatic carbocycles. The fourth-order valence-corrected chi connectivity index (χ4v) is 2.57. The minimum Gasteiger partial charge on any atom is -0.381 e. The highest BCUT2D eigenvalue weighted by atomic mass is 19.4. The van der Waals surface area contributed by atoms with Crippen molar-refractivity contribution in [1.82, 2.24) is 9.78 Å². The number of halogens is 9. The third kappa shape index (κ3) is 4.52. The second-order valence-electron chi connectivity index (χ2n) is 6.07. The summed E-state index contributed by atoms with van der Waals surface area (Å²) in [7, 11) is 0. The van der Waals surface area contributed by atoms with Gasteiger partial charge in [0.25, 0.3) is 0 Å². The summed E-state index contributed by atoms with van der Waals surface area (Å²) in [4.78, 5) is 0. The highest BCUT2D eigenvalue weighted by molar-refractivity contribution is 5.49. The second kappa shape index (κ2) is 7.58. The Labute approximate surface area is 162 Å². The molecule has 1 aromatic heterocycles. The Hall–Kier alpha value is -3.18. The van der Waals surface area contributed by atoms with Gasteiger partial charge >= 0.3 is 12.4 Å². The van der Waals surface area contributed by atoms with Crippen molar-refractivity contribution in [3.8, 4) is 5.69 Å². The standard InChI is InChI=1S/C18H10F9N3/c19-9-5-13(20)12(14(21)6-9)8-28-10-1-3-11(4-2-10)30-16(18(25,26)27)7-15(29-30)17(22,23)24/h1-7,28H,8H2. The van der Waals surface area contributed by atoms with Crippen LogP contribution in [0.1, 0.15) is 17.0 Å². The zero-order chi connectivity index (χ0) is 22.3. The molecule has 0 spiro atoms. The molecule has 0 unspecified atom stereocenters. The van der Waals surface area contributed by atoms with Gasteiger partial charge in [-0.3, -0.25) is 0 Å². The third-order valence-corrected chi connectivity index (χ3v) is 3.98. The van der Waals surface area contributed by atoms with Crippen molar-refractivity contribution in [2.75, 3.05) is 5.32 Å². The molecular formula is C18H10F9N3. The summed E-state index contributed by atoms with van der Waals surface area (Å²) in [6.45, 7) is -0.412. The predicted molar refractivity (Wildman–Crippen MR) is 87.2 cm³/mol. The van der Waals surface area contributed by atoms with Crippen LogP contribution in [0.4, 0.5) is 45.2 Å². The highest BCUT2D eigenvalue weighted by Crippen LogP contribution is 2.36. The molecule has 30 heavy (non-hydrogen) atoms. The first kappa shape index (κ1) is 21.5. The Bertz CT molecular complexity index is 1030. The Morgan fingerprint density at radius 3 is 1.87 bits per heavy atom. The van der Waals surface area contributed by atoms with Gasteiger partial charge in [0.05, 0.1) is 5.69 Å². The monoisotopic (exact) mass is 439 g/mol. The van der Waals surface area contributed by atoms with Gasteiger partial charge < -0.3 is 5.32 Å². The van der Waals surface area contributed by atoms with Crippen molar-refractivity contribution >= 4 is 5.69 Å². The molecule has 0 radical (unpaired) electrons. The van der Waals surface area contributed by atoms with E-state index in [1.54, 1.807) is 0 Å². The van der Waals surface area contributed by atoms with E-state index in [4.69, 9.17) is 0 Å². The number of aromatic nitrogens is 2. The van der Waals surface area contributed by atoms with Crippen LogP contribution in [-0.2, 0) is 18.9 Å². The molecule has 3 nitrogen and oxygen atoms in total. The summed E-state index contributed by atoms with van der Waals surface area (Å²) >= 11 is 0. The van der Waals surface area contributed by atoms with Crippen molar-refractivity contribution < 1.29 is 39.5 Å². The van der Waals surface area contributed by atoms with Crippen molar-refractivity contribution in [2.24, 2.45) is 0 Å². The van der Waals surface area contributed by atoms with E-state index in [-0.39, 0.29) is 22.1 Å². The summed E-state index contributed by atoms with van der Waals surface area (Å²) < 4.78 is 118. The number of hydrogen-bond acceptors (Lipinski definition) is 2. The van der Waals surface area contributed by atoms with E-state index in [9.17, 15) is 39.5 Å². The van der Waals surface area contributed by atoms with Gasteiger partial charge in [0, 0.05) is 36.0 Å². The van der Waals surface area contributed by atoms with E-state index in [1.165, 1.54) is 12.1 Å². The summed E-state index contributed by atoms with van der Waals surface area (Å²) in [5, 5.41) is 5.57. The maximum atomic E-state index is 13.6. The second-order valence-corrected chi connectivity index (χ2v) is 6.07. The van der Waals surface area contributed by atoms with Gasteiger partial charge in [0.2, 0.25) is 0 Å². The molecule has 0 amide bonds. The van der Waals surface area contributed by atoms with Gasteiger partial charge in [-0.15, -0.1) is 0 Å². The van der Waals surface area contributed by atoms with Crippen LogP contribution < -0.4 is 5.32 Å². The van der Waals surface area contributed by atoms with Gasteiger partial charge in [-0.25, -0.2) is 17.9 Å². The minimum absolute atomic E-state index is 0.103. The number of benzene rings is 2. The Balaban J connectivity index is 1.85. The number of rotatable bonds is 4. The largest absolute Gasteiger partial charge is 0.435 e. The van der Waals surface area contributed by atoms with Crippen LogP contribution in [0.5, 0.6) is 0 Å². The number of anilines is 1. The summed E-state index contributed by atoms with van der Waals surface area (Å²) in [6, 6.07) is 5.32. The summed E-state index contributed by atoms with van der Waals surface area (Å²) in [6.07, 6.45) is -10.2. The first-order chi connectivity index (χ1) is 13.9. The van der Waals surface area contributed by atoms with Crippen molar-refractivity contribution in [3.63, 3.8) is 0 Å². The van der Waals surface area contributed by atoms with Crippen LogP contribution in [0.15, 0.2) is 42.5 Å². The molecule has 2 aromatic carbocycles. The number of nitrogens with one attached hydrogen (secondary N) is 1. The van der Waals surface area contributed by atoms with E-state index in [0.29, 0.717) is 12.1 Å². The zero-order valence-corrected chi connectivity index (χ0v) is 14.5. The quantitative estimate of drug-likeness (QED) is 0.510. The SMILES string of the molecule is Fc1cc(F)c(CNc2ccc(-n3nc(C(F)(F)F)cc3C(F)(F)F)cc2)c(F)c1. The van der Waals surface area contributed by atoms with Crippen LogP contribution in [-0.4, -0.2) is 9.78 Å². The number of alkyl halides is 6. The lowest BCUT2D eigenvalue weighted by Crippen LogP contribution is -2.13. The molecule has 1 heterocycles. The molecule has 0 saturated carbocycles. The summed E-state index contributed by atoms with van der Waals surface area (Å²) in [5.41, 5.74) is -3.92. The van der Waals surface area contributed by atoms with Crippen molar-refractivity contribution in [1.29, 1.82) is 0 Å². The normalized spacial score (nSPS) is 12.3. The predicted octanol–water partition coefficient (Wildman–Crippen LogP) is 5.94. The third-order valence-electron chi connectivity index (χ3n) is 3.98. The molecule has 0 fully saturated rings. The average molecular weight is 439 g/mol. The number of hydrogen-bond donors (Lipinski definition) is 1. The topological polar surface area (TPSA) is 29.9 Å². The maximum Gasteiger partial charge on any atom is 0.435 e. The van der Waals surface area contributed by atoms with Crippen molar-refractivity contribution in [3.05, 3.63) is 76.9 Å². The highest BCUT2D eigenvalue weighted by Gasteiger charge is 2.42. The molecule has 0 aliphatic heterocycles. The molecule has 0 saturated heterocycles. The fourth-order valence-electron chi connectivity index (χ4n) is 2.57. The van der Waals surface area contributed by atoms with Crippen LogP contribution in [0.3, 0.4) is 0 Å². The van der Waals surface area contributed by atoms with Gasteiger partial charge in [-0.1, -0.05) is 0 Å². The van der Waals surface area contributed by atoms with Crippen LogP contribution >= 0.6 is 0 Å². The lowest BCUT2D eigenvalue weighted by atomic mass is 10.2. The van der Waals surface area contributed by atoms with Crippen LogP contribution in [0.25, 0.3) is 5.69 Å². The lowest BCUT2D eigenvalue weighted by molar-refractivity contribution is -0.143. The minimum atomic E-state index is -5.09. The zero-order valence-electron chi connectivity index (χ0n) is 14.5. The Morgan fingerprint density at radius 2 is 1.37 bits per heavy atom. The molecule has 3 rings (SSSR count). The molecule has 0 aliphatic rings. The van der Waals surface area contributed by atoms with E-state index in [1.807, 2.05) is 0 Å². The smallest absolute Gasteiger partial charge is 0.381 e. The summed E-state index contributed by atoms with van der Waals surface area (Å²) in [5.74, 6) is -3.37. The lowest BCUT2D eigenvalue weighted by Gasteiger charge is -2.12. The first-order valence-electron chi connectivity index (χ1n) is 8.08. The molecule has 1 N–H and O–H groups in total. The van der Waals surface area contributed by atoms with E-state index < -0.39 is 53.3 Å². The van der Waals surface area contributed by atoms with E-state index in [2.05, 4.69) is 10.4 Å². The van der Waals surface area contributed by atoms with Crippen molar-refractivity contribution in [2.45, 2.75) is 18.9 Å². The van der Waals surface area contributed by atoms with E-state index >= 15 is 0 Å². The Morgan fingerprint density at radius 1 is 0.800 bits per heavy atom.